The Morgan fingerprint density at radius 1 is 0.800 bits per heavy atom. The predicted octanol–water partition coefficient (Wildman–Crippen LogP) is 5.30. The SMILES string of the molecule is OOc1ccc(N=Cc2c3ccccc3cc3ccccc23)cc1O. The van der Waals surface area contributed by atoms with Crippen LogP contribution in [0.15, 0.2) is 77.8 Å². The van der Waals surface area contributed by atoms with Crippen LogP contribution >= 0.6 is 0 Å². The van der Waals surface area contributed by atoms with Gasteiger partial charge in [0.1, 0.15) is 0 Å². The highest BCUT2D eigenvalue weighted by Crippen LogP contribution is 2.31. The van der Waals surface area contributed by atoms with Crippen LogP contribution in [0.2, 0.25) is 0 Å². The molecule has 0 aromatic heterocycles. The van der Waals surface area contributed by atoms with Gasteiger partial charge in [-0.15, -0.1) is 0 Å². The molecule has 0 heterocycles. The molecule has 25 heavy (non-hydrogen) atoms. The molecule has 122 valence electrons. The molecule has 2 N–H and O–H groups in total. The Labute approximate surface area is 144 Å². The molecule has 0 atom stereocenters. The second kappa shape index (κ2) is 6.26. The molecule has 4 nitrogen and oxygen atoms in total. The predicted molar refractivity (Wildman–Crippen MR) is 100 cm³/mol. The van der Waals surface area contributed by atoms with Crippen molar-refractivity contribution in [3.63, 3.8) is 0 Å². The van der Waals surface area contributed by atoms with E-state index in [0.29, 0.717) is 5.69 Å². The second-order valence-corrected chi connectivity index (χ2v) is 5.73. The summed E-state index contributed by atoms with van der Waals surface area (Å²) in [5.74, 6) is -0.172. The molecule has 0 saturated carbocycles. The Morgan fingerprint density at radius 3 is 2.04 bits per heavy atom. The van der Waals surface area contributed by atoms with Gasteiger partial charge >= 0.3 is 0 Å². The molecule has 0 saturated heterocycles. The van der Waals surface area contributed by atoms with Gasteiger partial charge in [0.05, 0.1) is 5.69 Å². The van der Waals surface area contributed by atoms with Crippen molar-refractivity contribution in [2.24, 2.45) is 4.99 Å². The second-order valence-electron chi connectivity index (χ2n) is 5.73. The third kappa shape index (κ3) is 2.79. The number of phenols is 1. The van der Waals surface area contributed by atoms with Crippen LogP contribution in [-0.4, -0.2) is 16.6 Å². The van der Waals surface area contributed by atoms with Crippen LogP contribution in [0.3, 0.4) is 0 Å². The summed E-state index contributed by atoms with van der Waals surface area (Å²) in [6.45, 7) is 0. The monoisotopic (exact) mass is 329 g/mol. The minimum Gasteiger partial charge on any atom is -0.504 e. The molecule has 0 aliphatic rings. The van der Waals surface area contributed by atoms with Crippen LogP contribution in [0.5, 0.6) is 11.5 Å². The van der Waals surface area contributed by atoms with Crippen molar-refractivity contribution in [3.05, 3.63) is 78.4 Å². The number of aliphatic imine (C=N–C) groups is 1. The first-order chi connectivity index (χ1) is 12.3. The molecule has 0 fully saturated rings. The van der Waals surface area contributed by atoms with Crippen molar-refractivity contribution in [2.45, 2.75) is 0 Å². The molecule has 4 aromatic rings. The Balaban J connectivity index is 1.88. The van der Waals surface area contributed by atoms with Crippen LogP contribution in [0.1, 0.15) is 5.56 Å². The quantitative estimate of drug-likeness (QED) is 0.232. The zero-order chi connectivity index (χ0) is 17.2. The molecular weight excluding hydrogens is 314 g/mol. The fourth-order valence-corrected chi connectivity index (χ4v) is 2.99. The van der Waals surface area contributed by atoms with E-state index in [9.17, 15) is 5.11 Å². The molecule has 0 spiro atoms. The Morgan fingerprint density at radius 2 is 1.44 bits per heavy atom. The zero-order valence-electron chi connectivity index (χ0n) is 13.3. The first-order valence-corrected chi connectivity index (χ1v) is 7.85. The van der Waals surface area contributed by atoms with E-state index in [-0.39, 0.29) is 11.5 Å². The zero-order valence-corrected chi connectivity index (χ0v) is 13.3. The van der Waals surface area contributed by atoms with Crippen LogP contribution < -0.4 is 4.89 Å². The summed E-state index contributed by atoms with van der Waals surface area (Å²) >= 11 is 0. The summed E-state index contributed by atoms with van der Waals surface area (Å²) < 4.78 is 0. The maximum atomic E-state index is 9.77. The third-order valence-electron chi connectivity index (χ3n) is 4.20. The van der Waals surface area contributed by atoms with Gasteiger partial charge in [0.25, 0.3) is 0 Å². The van der Waals surface area contributed by atoms with Crippen LogP contribution in [-0.2, 0) is 0 Å². The Bertz CT molecular complexity index is 1050. The topological polar surface area (TPSA) is 62.0 Å². The Hall–Kier alpha value is -3.37. The molecule has 0 radical (unpaired) electrons. The number of nitrogens with zero attached hydrogens (tertiary/aromatic N) is 1. The largest absolute Gasteiger partial charge is 0.504 e. The number of phenolic OH excluding ortho intramolecular Hbond substituents is 1. The molecule has 4 heteroatoms. The van der Waals surface area contributed by atoms with E-state index in [1.165, 1.54) is 12.1 Å². The highest BCUT2D eigenvalue weighted by Gasteiger charge is 2.06. The van der Waals surface area contributed by atoms with E-state index in [0.717, 1.165) is 27.1 Å². The van der Waals surface area contributed by atoms with Crippen molar-refractivity contribution in [1.82, 2.24) is 0 Å². The molecular formula is C21H15NO3. The molecule has 0 bridgehead atoms. The number of rotatable bonds is 3. The summed E-state index contributed by atoms with van der Waals surface area (Å²) in [6.07, 6.45) is 1.80. The fourth-order valence-electron chi connectivity index (χ4n) is 2.99. The third-order valence-corrected chi connectivity index (χ3v) is 4.20. The lowest BCUT2D eigenvalue weighted by molar-refractivity contribution is -0.139. The fraction of sp³-hybridized carbons (Fsp3) is 0. The molecule has 0 unspecified atom stereocenters. The highest BCUT2D eigenvalue weighted by molar-refractivity contribution is 6.13. The average Bonchev–Trinajstić information content (AvgIpc) is 2.65. The normalized spacial score (nSPS) is 11.4. The number of hydrogen-bond donors (Lipinski definition) is 2. The molecule has 0 amide bonds. The van der Waals surface area contributed by atoms with Gasteiger partial charge in [-0.1, -0.05) is 48.5 Å². The lowest BCUT2D eigenvalue weighted by Gasteiger charge is -2.08. The molecule has 0 aliphatic heterocycles. The summed E-state index contributed by atoms with van der Waals surface area (Å²) in [5.41, 5.74) is 1.59. The van der Waals surface area contributed by atoms with Gasteiger partial charge in [-0.2, -0.15) is 0 Å². The molecule has 0 aliphatic carbocycles. The van der Waals surface area contributed by atoms with Gasteiger partial charge in [0.2, 0.25) is 5.75 Å². The summed E-state index contributed by atoms with van der Waals surface area (Å²) in [5, 5.41) is 23.0. The van der Waals surface area contributed by atoms with Crippen LogP contribution in [0.4, 0.5) is 5.69 Å². The number of benzene rings is 4. The first-order valence-electron chi connectivity index (χ1n) is 7.85. The van der Waals surface area contributed by atoms with E-state index in [4.69, 9.17) is 5.26 Å². The number of aromatic hydroxyl groups is 1. The maximum absolute atomic E-state index is 9.77. The molecule has 4 aromatic carbocycles. The van der Waals surface area contributed by atoms with Gasteiger partial charge in [-0.3, -0.25) is 4.99 Å². The Kier molecular flexibility index (Phi) is 3.80. The minimum atomic E-state index is -0.167. The number of hydrogen-bond acceptors (Lipinski definition) is 4. The summed E-state index contributed by atoms with van der Waals surface area (Å²) in [4.78, 5) is 8.57. The van der Waals surface area contributed by atoms with Crippen molar-refractivity contribution in [1.29, 1.82) is 0 Å². The van der Waals surface area contributed by atoms with E-state index < -0.39 is 0 Å². The molecule has 4 rings (SSSR count). The standard InChI is InChI=1S/C21H15NO3/c23-20-12-16(9-10-21(20)25-24)22-13-19-17-7-3-1-5-14(17)11-15-6-2-4-8-18(15)19/h1-13,23-24H. The maximum Gasteiger partial charge on any atom is 0.206 e. The first kappa shape index (κ1) is 15.2. The van der Waals surface area contributed by atoms with Crippen molar-refractivity contribution in [2.75, 3.05) is 0 Å². The minimum absolute atomic E-state index is 0.00504. The summed E-state index contributed by atoms with van der Waals surface area (Å²) in [7, 11) is 0. The van der Waals surface area contributed by atoms with Crippen LogP contribution in [0.25, 0.3) is 21.5 Å². The summed E-state index contributed by atoms with van der Waals surface area (Å²) in [6, 6.07) is 23.1. The van der Waals surface area contributed by atoms with Crippen molar-refractivity contribution in [3.8, 4) is 11.5 Å². The lowest BCUT2D eigenvalue weighted by Crippen LogP contribution is -1.88. The van der Waals surface area contributed by atoms with Gasteiger partial charge in [0, 0.05) is 17.8 Å². The highest BCUT2D eigenvalue weighted by atomic mass is 17.1. The van der Waals surface area contributed by atoms with Gasteiger partial charge in [-0.25, -0.2) is 5.26 Å². The van der Waals surface area contributed by atoms with E-state index in [2.05, 4.69) is 40.2 Å². The van der Waals surface area contributed by atoms with E-state index in [1.54, 1.807) is 12.3 Å². The van der Waals surface area contributed by atoms with Gasteiger partial charge in [0.15, 0.2) is 5.75 Å². The lowest BCUT2D eigenvalue weighted by atomic mass is 9.97. The van der Waals surface area contributed by atoms with Crippen LogP contribution in [0, 0.1) is 0 Å². The van der Waals surface area contributed by atoms with Crippen molar-refractivity contribution < 1.29 is 15.3 Å². The van der Waals surface area contributed by atoms with E-state index in [1.807, 2.05) is 24.3 Å². The smallest absolute Gasteiger partial charge is 0.206 e. The van der Waals surface area contributed by atoms with Gasteiger partial charge < -0.3 is 9.99 Å². The number of fused-ring (bicyclic) bond motifs is 2. The van der Waals surface area contributed by atoms with Crippen molar-refractivity contribution >= 4 is 33.4 Å². The van der Waals surface area contributed by atoms with Gasteiger partial charge in [-0.05, 0) is 39.7 Å². The average molecular weight is 329 g/mol. The van der Waals surface area contributed by atoms with E-state index >= 15 is 0 Å².